The van der Waals surface area contributed by atoms with Crippen LogP contribution in [-0.4, -0.2) is 19.3 Å². The molecule has 2 rings (SSSR count). The number of hydrogen-bond donors (Lipinski definition) is 2. The van der Waals surface area contributed by atoms with Crippen molar-refractivity contribution in [1.29, 1.82) is 0 Å². The van der Waals surface area contributed by atoms with E-state index in [-0.39, 0.29) is 0 Å². The van der Waals surface area contributed by atoms with Crippen LogP contribution >= 0.6 is 23.5 Å². The second kappa shape index (κ2) is 4.20. The van der Waals surface area contributed by atoms with Crippen molar-refractivity contribution < 1.29 is 0 Å². The summed E-state index contributed by atoms with van der Waals surface area (Å²) in [5, 5.41) is 1.27. The summed E-state index contributed by atoms with van der Waals surface area (Å²) in [6.07, 6.45) is 3.08. The molecule has 0 saturated heterocycles. The predicted molar refractivity (Wildman–Crippen MR) is 55.8 cm³/mol. The fraction of sp³-hybridized carbons (Fsp3) is 0. The van der Waals surface area contributed by atoms with Crippen LogP contribution in [-0.2, 0) is 0 Å². The Morgan fingerprint density at radius 3 is 3.07 bits per heavy atom. The molecule has 0 unspecified atom stereocenters. The molecule has 0 fully saturated rings. The molecule has 72 valence electrons. The number of anilines is 2. The summed E-state index contributed by atoms with van der Waals surface area (Å²) in [6.45, 7) is 0. The lowest BCUT2D eigenvalue weighted by atomic mass is 10.6. The Hall–Kier alpha value is -1.41. The highest BCUT2D eigenvalue weighted by Gasteiger charge is 2.00. The molecule has 0 spiro atoms. The SMILES string of the molecule is Nc1ccnc(SNc2ncns2)n1. The normalized spacial score (nSPS) is 10.0. The molecule has 3 N–H and O–H groups in total. The first-order valence-electron chi connectivity index (χ1n) is 3.62. The number of hydrogen-bond acceptors (Lipinski definition) is 8. The van der Waals surface area contributed by atoms with Gasteiger partial charge in [0, 0.05) is 29.7 Å². The minimum absolute atomic E-state index is 0.446. The van der Waals surface area contributed by atoms with Crippen LogP contribution in [0.2, 0.25) is 0 Å². The number of nitrogens with two attached hydrogens (primary N) is 1. The first-order valence-corrected chi connectivity index (χ1v) is 5.21. The maximum absolute atomic E-state index is 5.49. The highest BCUT2D eigenvalue weighted by Crippen LogP contribution is 2.18. The zero-order valence-electron chi connectivity index (χ0n) is 6.91. The van der Waals surface area contributed by atoms with Crippen LogP contribution in [0, 0.1) is 0 Å². The van der Waals surface area contributed by atoms with E-state index in [4.69, 9.17) is 5.73 Å². The van der Waals surface area contributed by atoms with E-state index in [0.29, 0.717) is 16.1 Å². The van der Waals surface area contributed by atoms with Gasteiger partial charge in [-0.2, -0.15) is 4.37 Å². The fourth-order valence-corrected chi connectivity index (χ4v) is 1.77. The molecule has 0 amide bonds. The van der Waals surface area contributed by atoms with Gasteiger partial charge in [-0.3, -0.25) is 4.72 Å². The van der Waals surface area contributed by atoms with Gasteiger partial charge in [0.05, 0.1) is 0 Å². The quantitative estimate of drug-likeness (QED) is 0.596. The molecule has 0 bridgehead atoms. The molecule has 2 heterocycles. The molecule has 0 aliphatic carbocycles. The molecular formula is C6H6N6S2. The van der Waals surface area contributed by atoms with E-state index in [1.54, 1.807) is 12.3 Å². The monoisotopic (exact) mass is 226 g/mol. The number of nitrogens with zero attached hydrogens (tertiary/aromatic N) is 4. The third-order valence-corrected chi connectivity index (χ3v) is 2.63. The van der Waals surface area contributed by atoms with Gasteiger partial charge in [0.25, 0.3) is 0 Å². The molecule has 0 aliphatic heterocycles. The fourth-order valence-electron chi connectivity index (χ4n) is 0.711. The lowest BCUT2D eigenvalue weighted by Gasteiger charge is -1.99. The van der Waals surface area contributed by atoms with Crippen molar-refractivity contribution in [3.63, 3.8) is 0 Å². The third kappa shape index (κ3) is 2.30. The molecule has 0 aliphatic rings. The molecule has 14 heavy (non-hydrogen) atoms. The van der Waals surface area contributed by atoms with E-state index >= 15 is 0 Å². The zero-order chi connectivity index (χ0) is 9.80. The van der Waals surface area contributed by atoms with Crippen LogP contribution < -0.4 is 10.5 Å². The second-order valence-corrected chi connectivity index (χ2v) is 3.77. The van der Waals surface area contributed by atoms with Gasteiger partial charge in [-0.05, 0) is 6.07 Å². The lowest BCUT2D eigenvalue weighted by Crippen LogP contribution is -1.95. The Balaban J connectivity index is 1.98. The minimum Gasteiger partial charge on any atom is -0.384 e. The van der Waals surface area contributed by atoms with E-state index in [9.17, 15) is 0 Å². The summed E-state index contributed by atoms with van der Waals surface area (Å²) >= 11 is 2.51. The Morgan fingerprint density at radius 2 is 2.36 bits per heavy atom. The largest absolute Gasteiger partial charge is 0.384 e. The van der Waals surface area contributed by atoms with Crippen molar-refractivity contribution >= 4 is 34.4 Å². The van der Waals surface area contributed by atoms with E-state index in [1.165, 1.54) is 29.8 Å². The van der Waals surface area contributed by atoms with Crippen LogP contribution in [0.3, 0.4) is 0 Å². The average Bonchev–Trinajstić information content (AvgIpc) is 2.67. The first-order chi connectivity index (χ1) is 6.84. The molecule has 8 heteroatoms. The summed E-state index contributed by atoms with van der Waals surface area (Å²) in [7, 11) is 0. The molecule has 2 aromatic rings. The highest BCUT2D eigenvalue weighted by atomic mass is 32.2. The Bertz CT molecular complexity index is 402. The predicted octanol–water partition coefficient (Wildman–Crippen LogP) is 1.03. The Morgan fingerprint density at radius 1 is 1.43 bits per heavy atom. The van der Waals surface area contributed by atoms with Gasteiger partial charge in [-0.1, -0.05) is 0 Å². The molecular weight excluding hydrogens is 220 g/mol. The first kappa shape index (κ1) is 9.16. The van der Waals surface area contributed by atoms with E-state index in [2.05, 4.69) is 24.0 Å². The Labute approximate surface area is 88.3 Å². The van der Waals surface area contributed by atoms with Gasteiger partial charge in [0.2, 0.25) is 10.3 Å². The summed E-state index contributed by atoms with van der Waals surface area (Å²) in [6, 6.07) is 1.63. The van der Waals surface area contributed by atoms with Crippen molar-refractivity contribution in [2.24, 2.45) is 0 Å². The van der Waals surface area contributed by atoms with Gasteiger partial charge in [-0.15, -0.1) is 0 Å². The number of aromatic nitrogens is 4. The summed E-state index contributed by atoms with van der Waals surface area (Å²) < 4.78 is 6.79. The van der Waals surface area contributed by atoms with Gasteiger partial charge in [0.15, 0.2) is 0 Å². The van der Waals surface area contributed by atoms with Crippen molar-refractivity contribution in [2.45, 2.75) is 5.16 Å². The van der Waals surface area contributed by atoms with E-state index < -0.39 is 0 Å². The molecule has 0 atom stereocenters. The molecule has 0 aromatic carbocycles. The molecule has 2 aromatic heterocycles. The van der Waals surface area contributed by atoms with Gasteiger partial charge < -0.3 is 5.73 Å². The van der Waals surface area contributed by atoms with E-state index in [0.717, 1.165) is 0 Å². The second-order valence-electron chi connectivity index (χ2n) is 2.21. The maximum atomic E-state index is 5.49. The van der Waals surface area contributed by atoms with Gasteiger partial charge in [-0.25, -0.2) is 15.0 Å². The highest BCUT2D eigenvalue weighted by molar-refractivity contribution is 8.00. The van der Waals surface area contributed by atoms with Crippen molar-refractivity contribution in [2.75, 3.05) is 10.5 Å². The minimum atomic E-state index is 0.446. The number of rotatable bonds is 3. The lowest BCUT2D eigenvalue weighted by molar-refractivity contribution is 0.979. The van der Waals surface area contributed by atoms with Crippen LogP contribution in [0.5, 0.6) is 0 Å². The summed E-state index contributed by atoms with van der Waals surface area (Å²) in [5.41, 5.74) is 5.49. The average molecular weight is 226 g/mol. The zero-order valence-corrected chi connectivity index (χ0v) is 8.55. The topological polar surface area (TPSA) is 89.6 Å². The molecule has 0 radical (unpaired) electrons. The number of nitrogens with one attached hydrogen (secondary N) is 1. The third-order valence-electron chi connectivity index (χ3n) is 1.25. The van der Waals surface area contributed by atoms with E-state index in [1.807, 2.05) is 0 Å². The van der Waals surface area contributed by atoms with Crippen molar-refractivity contribution in [1.82, 2.24) is 19.3 Å². The molecule has 0 saturated carbocycles. The summed E-state index contributed by atoms with van der Waals surface area (Å²) in [5.74, 6) is 0.446. The maximum Gasteiger partial charge on any atom is 0.212 e. The molecule has 6 nitrogen and oxygen atoms in total. The van der Waals surface area contributed by atoms with Crippen LogP contribution in [0.15, 0.2) is 23.7 Å². The van der Waals surface area contributed by atoms with Crippen molar-refractivity contribution in [3.05, 3.63) is 18.6 Å². The van der Waals surface area contributed by atoms with Crippen LogP contribution in [0.25, 0.3) is 0 Å². The van der Waals surface area contributed by atoms with Crippen LogP contribution in [0.1, 0.15) is 0 Å². The summed E-state index contributed by atoms with van der Waals surface area (Å²) in [4.78, 5) is 11.9. The number of nitrogen functional groups attached to an aromatic ring is 1. The Kier molecular flexibility index (Phi) is 2.75. The van der Waals surface area contributed by atoms with Crippen LogP contribution in [0.4, 0.5) is 10.9 Å². The van der Waals surface area contributed by atoms with Gasteiger partial charge >= 0.3 is 0 Å². The standard InChI is InChI=1S/C6H6N6S2/c7-4-1-2-8-5(11-4)14-12-6-9-3-10-13-6/h1-3H,(H2,7,8,11)(H,9,10,12). The smallest absolute Gasteiger partial charge is 0.212 e. The van der Waals surface area contributed by atoms with Gasteiger partial charge in [0.1, 0.15) is 12.1 Å². The van der Waals surface area contributed by atoms with Crippen molar-refractivity contribution in [3.8, 4) is 0 Å².